The van der Waals surface area contributed by atoms with Crippen molar-refractivity contribution in [3.05, 3.63) is 23.3 Å². The number of ether oxygens (including phenoxy) is 1. The molecule has 0 radical (unpaired) electrons. The van der Waals surface area contributed by atoms with E-state index in [4.69, 9.17) is 4.74 Å². The molecule has 0 amide bonds. The van der Waals surface area contributed by atoms with Crippen LogP contribution in [0.2, 0.25) is 0 Å². The van der Waals surface area contributed by atoms with E-state index in [0.717, 1.165) is 43.2 Å². The number of sulfonamides is 1. The molecule has 1 aliphatic rings. The molecule has 5 heteroatoms. The summed E-state index contributed by atoms with van der Waals surface area (Å²) >= 11 is 0. The second-order valence-corrected chi connectivity index (χ2v) is 7.96. The number of benzene rings is 1. The number of nitrogens with zero attached hydrogens (tertiary/aromatic N) is 1. The highest BCUT2D eigenvalue weighted by Crippen LogP contribution is 2.31. The Morgan fingerprint density at radius 2 is 1.64 bits per heavy atom. The van der Waals surface area contributed by atoms with Crippen molar-refractivity contribution >= 4 is 10.0 Å². The van der Waals surface area contributed by atoms with E-state index in [2.05, 4.69) is 0 Å². The average Bonchev–Trinajstić information content (AvgIpc) is 2.77. The molecule has 1 fully saturated rings. The van der Waals surface area contributed by atoms with Gasteiger partial charge in [-0.05, 0) is 56.4 Å². The molecule has 1 heterocycles. The van der Waals surface area contributed by atoms with Crippen LogP contribution in [0.25, 0.3) is 0 Å². The lowest BCUT2D eigenvalue weighted by atomic mass is 10.1. The van der Waals surface area contributed by atoms with Crippen molar-refractivity contribution in [1.29, 1.82) is 0 Å². The molecule has 0 aromatic heterocycles. The highest BCUT2D eigenvalue weighted by molar-refractivity contribution is 7.89. The summed E-state index contributed by atoms with van der Waals surface area (Å²) in [5, 5.41) is 0. The highest BCUT2D eigenvalue weighted by Gasteiger charge is 2.28. The predicted octanol–water partition coefficient (Wildman–Crippen LogP) is 3.66. The summed E-state index contributed by atoms with van der Waals surface area (Å²) in [5.74, 6) is 0.495. The van der Waals surface area contributed by atoms with Gasteiger partial charge in [0.05, 0.1) is 6.61 Å². The topological polar surface area (TPSA) is 46.6 Å². The maximum Gasteiger partial charge on any atom is 0.246 e. The first-order valence-electron chi connectivity index (χ1n) is 8.21. The molecule has 0 atom stereocenters. The molecular weight excluding hydrogens is 298 g/mol. The van der Waals surface area contributed by atoms with Crippen molar-refractivity contribution in [2.24, 2.45) is 0 Å². The Morgan fingerprint density at radius 3 is 2.23 bits per heavy atom. The van der Waals surface area contributed by atoms with Gasteiger partial charge < -0.3 is 4.74 Å². The molecule has 2 rings (SSSR count). The van der Waals surface area contributed by atoms with Gasteiger partial charge in [-0.3, -0.25) is 0 Å². The minimum absolute atomic E-state index is 0.325. The quantitative estimate of drug-likeness (QED) is 0.830. The molecule has 0 N–H and O–H groups in total. The second-order valence-electron chi connectivity index (χ2n) is 6.05. The Kier molecular flexibility index (Phi) is 5.87. The van der Waals surface area contributed by atoms with Crippen LogP contribution >= 0.6 is 0 Å². The van der Waals surface area contributed by atoms with Gasteiger partial charge >= 0.3 is 0 Å². The van der Waals surface area contributed by atoms with E-state index in [1.54, 1.807) is 10.4 Å². The lowest BCUT2D eigenvalue weighted by Crippen LogP contribution is -2.32. The first-order chi connectivity index (χ1) is 10.5. The second kappa shape index (κ2) is 7.47. The lowest BCUT2D eigenvalue weighted by Gasteiger charge is -2.22. The summed E-state index contributed by atoms with van der Waals surface area (Å²) in [6.07, 6.45) is 4.96. The number of rotatable bonds is 5. The van der Waals surface area contributed by atoms with E-state index in [1.807, 2.05) is 26.8 Å². The zero-order valence-corrected chi connectivity index (χ0v) is 14.7. The summed E-state index contributed by atoms with van der Waals surface area (Å²) < 4.78 is 33.4. The molecule has 1 aromatic rings. The Bertz CT molecular complexity index is 603. The third-order valence-electron chi connectivity index (χ3n) is 4.20. The lowest BCUT2D eigenvalue weighted by molar-refractivity contribution is 0.307. The Labute approximate surface area is 134 Å². The van der Waals surface area contributed by atoms with Crippen LogP contribution in [0, 0.1) is 13.8 Å². The Balaban J connectivity index is 2.41. The molecule has 124 valence electrons. The van der Waals surface area contributed by atoms with Crippen LogP contribution in [-0.4, -0.2) is 32.4 Å². The Morgan fingerprint density at radius 1 is 1.05 bits per heavy atom. The number of hydrogen-bond acceptors (Lipinski definition) is 3. The van der Waals surface area contributed by atoms with Gasteiger partial charge in [0.1, 0.15) is 10.6 Å². The smallest absolute Gasteiger partial charge is 0.246 e. The van der Waals surface area contributed by atoms with Crippen LogP contribution in [0.15, 0.2) is 17.0 Å². The van der Waals surface area contributed by atoms with Crippen LogP contribution in [0.4, 0.5) is 0 Å². The van der Waals surface area contributed by atoms with Crippen molar-refractivity contribution in [2.75, 3.05) is 19.7 Å². The molecular formula is C17H27NO3S. The third kappa shape index (κ3) is 3.82. The summed E-state index contributed by atoms with van der Waals surface area (Å²) in [6.45, 7) is 7.71. The minimum atomic E-state index is -3.48. The molecule has 0 bridgehead atoms. The summed E-state index contributed by atoms with van der Waals surface area (Å²) in [4.78, 5) is 0.325. The van der Waals surface area contributed by atoms with E-state index in [0.29, 0.717) is 30.3 Å². The highest BCUT2D eigenvalue weighted by atomic mass is 32.2. The standard InChI is InChI=1S/C17H27NO3S/c1-4-11-21-16-12-14(2)15(3)13-17(16)22(19,20)18-9-7-5-6-8-10-18/h12-13H,4-11H2,1-3H3. The summed E-state index contributed by atoms with van der Waals surface area (Å²) in [7, 11) is -3.48. The first kappa shape index (κ1) is 17.3. The number of aryl methyl sites for hydroxylation is 2. The maximum atomic E-state index is 13.0. The van der Waals surface area contributed by atoms with E-state index < -0.39 is 10.0 Å². The average molecular weight is 325 g/mol. The molecule has 4 nitrogen and oxygen atoms in total. The monoisotopic (exact) mass is 325 g/mol. The van der Waals surface area contributed by atoms with Gasteiger partial charge in [0.25, 0.3) is 0 Å². The molecule has 0 saturated carbocycles. The fourth-order valence-electron chi connectivity index (χ4n) is 2.71. The van der Waals surface area contributed by atoms with Crippen LogP contribution in [0.1, 0.15) is 50.2 Å². The molecule has 0 spiro atoms. The van der Waals surface area contributed by atoms with Crippen LogP contribution in [0.5, 0.6) is 5.75 Å². The van der Waals surface area contributed by atoms with Gasteiger partial charge in [0.15, 0.2) is 0 Å². The van der Waals surface area contributed by atoms with E-state index in [9.17, 15) is 8.42 Å². The fraction of sp³-hybridized carbons (Fsp3) is 0.647. The van der Waals surface area contributed by atoms with Gasteiger partial charge in [-0.15, -0.1) is 0 Å². The van der Waals surface area contributed by atoms with Gasteiger partial charge in [-0.1, -0.05) is 19.8 Å². The van der Waals surface area contributed by atoms with Crippen LogP contribution in [-0.2, 0) is 10.0 Å². The van der Waals surface area contributed by atoms with Crippen LogP contribution < -0.4 is 4.74 Å². The van der Waals surface area contributed by atoms with Gasteiger partial charge in [0, 0.05) is 13.1 Å². The van der Waals surface area contributed by atoms with Crippen molar-refractivity contribution in [3.63, 3.8) is 0 Å². The SMILES string of the molecule is CCCOc1cc(C)c(C)cc1S(=O)(=O)N1CCCCCC1. The maximum absolute atomic E-state index is 13.0. The number of hydrogen-bond donors (Lipinski definition) is 0. The third-order valence-corrected chi connectivity index (χ3v) is 6.12. The first-order valence-corrected chi connectivity index (χ1v) is 9.65. The predicted molar refractivity (Wildman–Crippen MR) is 88.9 cm³/mol. The molecule has 0 aliphatic carbocycles. The van der Waals surface area contributed by atoms with Gasteiger partial charge in [0.2, 0.25) is 10.0 Å². The normalized spacial score (nSPS) is 17.2. The van der Waals surface area contributed by atoms with Crippen molar-refractivity contribution in [2.45, 2.75) is 57.8 Å². The van der Waals surface area contributed by atoms with E-state index >= 15 is 0 Å². The molecule has 0 unspecified atom stereocenters. The summed E-state index contributed by atoms with van der Waals surface area (Å²) in [5.41, 5.74) is 2.04. The molecule has 1 aliphatic heterocycles. The van der Waals surface area contributed by atoms with Crippen molar-refractivity contribution in [3.8, 4) is 5.75 Å². The zero-order chi connectivity index (χ0) is 16.2. The molecule has 22 heavy (non-hydrogen) atoms. The van der Waals surface area contributed by atoms with Crippen molar-refractivity contribution in [1.82, 2.24) is 4.31 Å². The molecule has 1 saturated heterocycles. The summed E-state index contributed by atoms with van der Waals surface area (Å²) in [6, 6.07) is 3.62. The van der Waals surface area contributed by atoms with Crippen LogP contribution in [0.3, 0.4) is 0 Å². The van der Waals surface area contributed by atoms with Gasteiger partial charge in [-0.25, -0.2) is 8.42 Å². The fourth-order valence-corrected chi connectivity index (χ4v) is 4.43. The van der Waals surface area contributed by atoms with E-state index in [-0.39, 0.29) is 0 Å². The largest absolute Gasteiger partial charge is 0.492 e. The zero-order valence-electron chi connectivity index (χ0n) is 13.9. The van der Waals surface area contributed by atoms with E-state index in [1.165, 1.54) is 0 Å². The molecule has 1 aromatic carbocycles. The minimum Gasteiger partial charge on any atom is -0.492 e. The van der Waals surface area contributed by atoms with Gasteiger partial charge in [-0.2, -0.15) is 4.31 Å². The van der Waals surface area contributed by atoms with Crippen molar-refractivity contribution < 1.29 is 13.2 Å². The Hall–Kier alpha value is -1.07.